The minimum Gasteiger partial charge on any atom is -0.480 e. The summed E-state index contributed by atoms with van der Waals surface area (Å²) in [7, 11) is 0. The van der Waals surface area contributed by atoms with Gasteiger partial charge in [0.05, 0.1) is 0 Å². The van der Waals surface area contributed by atoms with E-state index < -0.39 is 17.3 Å². The molecule has 2 N–H and O–H groups in total. The predicted octanol–water partition coefficient (Wildman–Crippen LogP) is 1.35. The molecular weight excluding hydrogens is 214 g/mol. The Morgan fingerprint density at radius 1 is 1.27 bits per heavy atom. The van der Waals surface area contributed by atoms with Crippen LogP contribution in [0.5, 0.6) is 0 Å². The van der Waals surface area contributed by atoms with Crippen molar-refractivity contribution in [2.75, 3.05) is 12.8 Å². The second-order valence-electron chi connectivity index (χ2n) is 4.58. The third-order valence-corrected chi connectivity index (χ3v) is 3.58. The summed E-state index contributed by atoms with van der Waals surface area (Å²) in [6.45, 7) is 7.24. The Morgan fingerprint density at radius 3 is 2.07 bits per heavy atom. The zero-order chi connectivity index (χ0) is 12.3. The SMILES string of the molecule is CSC(C)(C)CNC(=O)C(C)(C)C(=O)O. The monoisotopic (exact) mass is 233 g/mol. The fourth-order valence-corrected chi connectivity index (χ4v) is 0.900. The molecule has 0 unspecified atom stereocenters. The first-order valence-electron chi connectivity index (χ1n) is 4.70. The van der Waals surface area contributed by atoms with Gasteiger partial charge in [-0.15, -0.1) is 0 Å². The quantitative estimate of drug-likeness (QED) is 0.704. The van der Waals surface area contributed by atoms with Crippen LogP contribution >= 0.6 is 11.8 Å². The molecule has 1 amide bonds. The number of aliphatic carboxylic acids is 1. The topological polar surface area (TPSA) is 66.4 Å². The number of amides is 1. The summed E-state index contributed by atoms with van der Waals surface area (Å²) in [5, 5.41) is 11.5. The zero-order valence-electron chi connectivity index (χ0n) is 9.88. The maximum Gasteiger partial charge on any atom is 0.318 e. The Balaban J connectivity index is 4.34. The lowest BCUT2D eigenvalue weighted by Gasteiger charge is -2.25. The third kappa shape index (κ3) is 4.11. The van der Waals surface area contributed by atoms with Crippen molar-refractivity contribution in [3.05, 3.63) is 0 Å². The summed E-state index contributed by atoms with van der Waals surface area (Å²) in [4.78, 5) is 22.4. The average Bonchev–Trinajstić information content (AvgIpc) is 2.14. The molecule has 0 aliphatic carbocycles. The molecule has 0 aromatic carbocycles. The van der Waals surface area contributed by atoms with Crippen LogP contribution in [-0.2, 0) is 9.59 Å². The van der Waals surface area contributed by atoms with Crippen molar-refractivity contribution in [1.82, 2.24) is 5.32 Å². The molecule has 0 fully saturated rings. The molecule has 15 heavy (non-hydrogen) atoms. The average molecular weight is 233 g/mol. The van der Waals surface area contributed by atoms with Crippen LogP contribution in [0.4, 0.5) is 0 Å². The number of hydrogen-bond donors (Lipinski definition) is 2. The molecule has 0 radical (unpaired) electrons. The molecule has 4 nitrogen and oxygen atoms in total. The minimum absolute atomic E-state index is 0.0791. The van der Waals surface area contributed by atoms with Crippen molar-refractivity contribution in [2.24, 2.45) is 5.41 Å². The van der Waals surface area contributed by atoms with Gasteiger partial charge in [-0.3, -0.25) is 9.59 Å². The number of carbonyl (C=O) groups excluding carboxylic acids is 1. The molecule has 0 atom stereocenters. The van der Waals surface area contributed by atoms with Crippen molar-refractivity contribution in [2.45, 2.75) is 32.4 Å². The lowest BCUT2D eigenvalue weighted by Crippen LogP contribution is -2.46. The minimum atomic E-state index is -1.37. The normalized spacial score (nSPS) is 12.3. The fraction of sp³-hybridized carbons (Fsp3) is 0.800. The fourth-order valence-electron chi connectivity index (χ4n) is 0.683. The molecule has 0 heterocycles. The molecule has 0 bridgehead atoms. The first-order valence-corrected chi connectivity index (χ1v) is 5.93. The van der Waals surface area contributed by atoms with Crippen molar-refractivity contribution in [3.8, 4) is 0 Å². The van der Waals surface area contributed by atoms with E-state index in [9.17, 15) is 9.59 Å². The van der Waals surface area contributed by atoms with Crippen LogP contribution in [0.3, 0.4) is 0 Å². The van der Waals surface area contributed by atoms with Gasteiger partial charge < -0.3 is 10.4 Å². The first kappa shape index (κ1) is 14.3. The molecule has 0 spiro atoms. The van der Waals surface area contributed by atoms with Gasteiger partial charge in [0.2, 0.25) is 5.91 Å². The van der Waals surface area contributed by atoms with Gasteiger partial charge in [-0.25, -0.2) is 0 Å². The molecule has 0 aliphatic rings. The highest BCUT2D eigenvalue weighted by atomic mass is 32.2. The Bertz CT molecular complexity index is 261. The molecule has 0 aromatic rings. The number of carboxylic acids is 1. The maximum atomic E-state index is 11.6. The Hall–Kier alpha value is -0.710. The summed E-state index contributed by atoms with van der Waals surface area (Å²) in [6.07, 6.45) is 1.95. The van der Waals surface area contributed by atoms with Gasteiger partial charge in [-0.05, 0) is 34.0 Å². The number of rotatable bonds is 5. The summed E-state index contributed by atoms with van der Waals surface area (Å²) in [5.74, 6) is -1.56. The smallest absolute Gasteiger partial charge is 0.318 e. The summed E-state index contributed by atoms with van der Waals surface area (Å²) < 4.78 is -0.0791. The van der Waals surface area contributed by atoms with E-state index in [1.807, 2.05) is 20.1 Å². The van der Waals surface area contributed by atoms with Gasteiger partial charge in [-0.2, -0.15) is 11.8 Å². The molecule has 88 valence electrons. The van der Waals surface area contributed by atoms with Crippen molar-refractivity contribution in [3.63, 3.8) is 0 Å². The van der Waals surface area contributed by atoms with Crippen LogP contribution in [0.15, 0.2) is 0 Å². The standard InChI is InChI=1S/C10H19NO3S/c1-9(2,15-5)6-11-7(12)10(3,4)8(13)14/h6H2,1-5H3,(H,11,12)(H,13,14). The summed E-state index contributed by atoms with van der Waals surface area (Å²) in [5.41, 5.74) is -1.37. The van der Waals surface area contributed by atoms with Crippen LogP contribution in [0.1, 0.15) is 27.7 Å². The predicted molar refractivity (Wildman–Crippen MR) is 62.0 cm³/mol. The van der Waals surface area contributed by atoms with E-state index in [0.29, 0.717) is 6.54 Å². The van der Waals surface area contributed by atoms with Crippen molar-refractivity contribution < 1.29 is 14.7 Å². The number of hydrogen-bond acceptors (Lipinski definition) is 3. The van der Waals surface area contributed by atoms with E-state index in [-0.39, 0.29) is 4.75 Å². The molecule has 0 aromatic heterocycles. The van der Waals surface area contributed by atoms with Crippen LogP contribution in [0.25, 0.3) is 0 Å². The second-order valence-corrected chi connectivity index (χ2v) is 6.09. The molecular formula is C10H19NO3S. The van der Waals surface area contributed by atoms with E-state index in [1.165, 1.54) is 13.8 Å². The highest BCUT2D eigenvalue weighted by molar-refractivity contribution is 7.99. The largest absolute Gasteiger partial charge is 0.480 e. The summed E-state index contributed by atoms with van der Waals surface area (Å²) in [6, 6.07) is 0. The molecule has 5 heteroatoms. The summed E-state index contributed by atoms with van der Waals surface area (Å²) >= 11 is 1.63. The van der Waals surface area contributed by atoms with Gasteiger partial charge in [-0.1, -0.05) is 0 Å². The van der Waals surface area contributed by atoms with Crippen LogP contribution in [0.2, 0.25) is 0 Å². The van der Waals surface area contributed by atoms with Gasteiger partial charge in [0.1, 0.15) is 5.41 Å². The van der Waals surface area contributed by atoms with E-state index in [4.69, 9.17) is 5.11 Å². The lowest BCUT2D eigenvalue weighted by atomic mass is 9.92. The van der Waals surface area contributed by atoms with Crippen LogP contribution in [-0.4, -0.2) is 34.5 Å². The molecule has 0 saturated heterocycles. The second kappa shape index (κ2) is 4.88. The molecule has 0 saturated carbocycles. The van der Waals surface area contributed by atoms with Gasteiger partial charge in [0, 0.05) is 11.3 Å². The molecule has 0 rings (SSSR count). The maximum absolute atomic E-state index is 11.6. The van der Waals surface area contributed by atoms with Gasteiger partial charge in [0.25, 0.3) is 0 Å². The Kier molecular flexibility index (Phi) is 4.65. The zero-order valence-corrected chi connectivity index (χ0v) is 10.7. The Labute approximate surface area is 94.8 Å². The van der Waals surface area contributed by atoms with E-state index >= 15 is 0 Å². The van der Waals surface area contributed by atoms with Crippen LogP contribution < -0.4 is 5.32 Å². The number of carbonyl (C=O) groups is 2. The van der Waals surface area contributed by atoms with E-state index in [2.05, 4.69) is 5.32 Å². The highest BCUT2D eigenvalue weighted by Gasteiger charge is 2.36. The van der Waals surface area contributed by atoms with Crippen LogP contribution in [0, 0.1) is 5.41 Å². The third-order valence-electron chi connectivity index (χ3n) is 2.33. The lowest BCUT2D eigenvalue weighted by molar-refractivity contribution is -0.153. The van der Waals surface area contributed by atoms with Crippen molar-refractivity contribution in [1.29, 1.82) is 0 Å². The van der Waals surface area contributed by atoms with E-state index in [0.717, 1.165) is 0 Å². The number of carboxylic acid groups (broad SMARTS) is 1. The number of nitrogens with one attached hydrogen (secondary N) is 1. The highest BCUT2D eigenvalue weighted by Crippen LogP contribution is 2.21. The molecule has 0 aliphatic heterocycles. The van der Waals surface area contributed by atoms with Crippen molar-refractivity contribution >= 4 is 23.6 Å². The van der Waals surface area contributed by atoms with E-state index in [1.54, 1.807) is 11.8 Å². The Morgan fingerprint density at radius 2 is 1.73 bits per heavy atom. The number of thioether (sulfide) groups is 1. The van der Waals surface area contributed by atoms with Gasteiger partial charge >= 0.3 is 5.97 Å². The first-order chi connectivity index (χ1) is 6.63. The van der Waals surface area contributed by atoms with Gasteiger partial charge in [0.15, 0.2) is 0 Å².